The first-order valence-corrected chi connectivity index (χ1v) is 7.99. The van der Waals surface area contributed by atoms with Gasteiger partial charge < -0.3 is 5.32 Å². The molecule has 20 heavy (non-hydrogen) atoms. The van der Waals surface area contributed by atoms with Crippen molar-refractivity contribution in [3.05, 3.63) is 28.2 Å². The number of rotatable bonds is 2. The lowest BCUT2D eigenvalue weighted by Crippen LogP contribution is -2.19. The fourth-order valence-electron chi connectivity index (χ4n) is 4.61. The highest BCUT2D eigenvalue weighted by Crippen LogP contribution is 2.69. The van der Waals surface area contributed by atoms with Crippen LogP contribution in [0, 0.1) is 40.9 Å². The Balaban J connectivity index is 1.52. The number of anilines is 1. The van der Waals surface area contributed by atoms with Crippen molar-refractivity contribution in [3.63, 3.8) is 0 Å². The van der Waals surface area contributed by atoms with Crippen LogP contribution in [0.2, 0.25) is 0 Å². The topological polar surface area (TPSA) is 52.9 Å². The van der Waals surface area contributed by atoms with Crippen molar-refractivity contribution in [3.8, 4) is 6.07 Å². The summed E-state index contributed by atoms with van der Waals surface area (Å²) in [6, 6.07) is 7.49. The molecule has 0 aromatic heterocycles. The van der Waals surface area contributed by atoms with E-state index < -0.39 is 0 Å². The molecule has 1 aromatic rings. The van der Waals surface area contributed by atoms with Crippen LogP contribution in [0.25, 0.3) is 0 Å². The Labute approximate surface area is 126 Å². The maximum absolute atomic E-state index is 12.5. The molecule has 4 unspecified atom stereocenters. The SMILES string of the molecule is N#Cc1ccc(Br)cc1NC(=O)C1C2C3CCC(C3)C12. The Kier molecular flexibility index (Phi) is 2.68. The molecule has 0 aliphatic heterocycles. The summed E-state index contributed by atoms with van der Waals surface area (Å²) in [4.78, 5) is 12.5. The molecule has 4 atom stereocenters. The van der Waals surface area contributed by atoms with Crippen molar-refractivity contribution in [1.82, 2.24) is 0 Å². The number of nitrogens with one attached hydrogen (secondary N) is 1. The van der Waals surface area contributed by atoms with Crippen LogP contribution >= 0.6 is 15.9 Å². The minimum atomic E-state index is 0.117. The predicted octanol–water partition coefficient (Wildman–Crippen LogP) is 3.55. The maximum Gasteiger partial charge on any atom is 0.228 e. The highest BCUT2D eigenvalue weighted by atomic mass is 79.9. The van der Waals surface area contributed by atoms with Crippen LogP contribution < -0.4 is 5.32 Å². The monoisotopic (exact) mass is 330 g/mol. The first-order valence-electron chi connectivity index (χ1n) is 7.19. The molecule has 3 aliphatic carbocycles. The molecule has 1 N–H and O–H groups in total. The van der Waals surface area contributed by atoms with Crippen LogP contribution in [0.5, 0.6) is 0 Å². The molecular formula is C16H15BrN2O. The molecule has 0 spiro atoms. The van der Waals surface area contributed by atoms with Gasteiger partial charge in [-0.05, 0) is 61.1 Å². The Morgan fingerprint density at radius 1 is 1.30 bits per heavy atom. The second-order valence-corrected chi connectivity index (χ2v) is 7.22. The number of fused-ring (bicyclic) bond motifs is 5. The zero-order valence-corrected chi connectivity index (χ0v) is 12.6. The Hall–Kier alpha value is -1.34. The van der Waals surface area contributed by atoms with Crippen LogP contribution in [-0.2, 0) is 4.79 Å². The fraction of sp³-hybridized carbons (Fsp3) is 0.500. The molecule has 1 amide bonds. The third-order valence-corrected chi connectivity index (χ3v) is 5.89. The third kappa shape index (κ3) is 1.73. The minimum absolute atomic E-state index is 0.117. The molecule has 0 radical (unpaired) electrons. The molecule has 3 fully saturated rings. The van der Waals surface area contributed by atoms with E-state index in [2.05, 4.69) is 27.3 Å². The van der Waals surface area contributed by atoms with Gasteiger partial charge in [-0.15, -0.1) is 0 Å². The molecule has 3 saturated carbocycles. The summed E-state index contributed by atoms with van der Waals surface area (Å²) in [5.41, 5.74) is 1.15. The van der Waals surface area contributed by atoms with Gasteiger partial charge in [-0.2, -0.15) is 5.26 Å². The van der Waals surface area contributed by atoms with Crippen LogP contribution in [-0.4, -0.2) is 5.91 Å². The second-order valence-electron chi connectivity index (χ2n) is 6.30. The average Bonchev–Trinajstić information content (AvgIpc) is 2.88. The van der Waals surface area contributed by atoms with Gasteiger partial charge in [0.25, 0.3) is 0 Å². The number of nitriles is 1. The van der Waals surface area contributed by atoms with Gasteiger partial charge in [0.05, 0.1) is 11.3 Å². The molecule has 3 nitrogen and oxygen atoms in total. The van der Waals surface area contributed by atoms with Gasteiger partial charge in [-0.3, -0.25) is 4.79 Å². The summed E-state index contributed by atoms with van der Waals surface area (Å²) >= 11 is 3.39. The van der Waals surface area contributed by atoms with Crippen molar-refractivity contribution in [2.75, 3.05) is 5.32 Å². The van der Waals surface area contributed by atoms with Gasteiger partial charge >= 0.3 is 0 Å². The van der Waals surface area contributed by atoms with Gasteiger partial charge in [0.1, 0.15) is 6.07 Å². The summed E-state index contributed by atoms with van der Waals surface area (Å²) in [7, 11) is 0. The standard InChI is InChI=1S/C16H15BrN2O/c17-11-4-3-10(7-18)12(6-11)19-16(20)15-13-8-1-2-9(5-8)14(13)15/h3-4,6,8-9,13-15H,1-2,5H2,(H,19,20). The Morgan fingerprint density at radius 2 is 2.00 bits per heavy atom. The number of carbonyl (C=O) groups excluding carboxylic acids is 1. The van der Waals surface area contributed by atoms with E-state index in [9.17, 15) is 4.79 Å². The second kappa shape index (κ2) is 4.33. The quantitative estimate of drug-likeness (QED) is 0.901. The van der Waals surface area contributed by atoms with Crippen LogP contribution in [0.3, 0.4) is 0 Å². The van der Waals surface area contributed by atoms with E-state index in [1.165, 1.54) is 19.3 Å². The number of hydrogen-bond donors (Lipinski definition) is 1. The lowest BCUT2D eigenvalue weighted by molar-refractivity contribution is -0.118. The third-order valence-electron chi connectivity index (χ3n) is 5.40. The summed E-state index contributed by atoms with van der Waals surface area (Å²) < 4.78 is 0.878. The fourth-order valence-corrected chi connectivity index (χ4v) is 4.97. The molecule has 1 aromatic carbocycles. The van der Waals surface area contributed by atoms with Gasteiger partial charge in [0.2, 0.25) is 5.91 Å². The first-order chi connectivity index (χ1) is 9.69. The maximum atomic E-state index is 12.5. The summed E-state index contributed by atoms with van der Waals surface area (Å²) in [6.45, 7) is 0. The van der Waals surface area contributed by atoms with E-state index in [1.807, 2.05) is 12.1 Å². The van der Waals surface area contributed by atoms with Crippen molar-refractivity contribution >= 4 is 27.5 Å². The molecule has 3 aliphatic rings. The highest BCUT2D eigenvalue weighted by Gasteiger charge is 2.67. The first kappa shape index (κ1) is 12.4. The van der Waals surface area contributed by atoms with Crippen molar-refractivity contribution in [1.29, 1.82) is 5.26 Å². The molecule has 2 bridgehead atoms. The summed E-state index contributed by atoms with van der Waals surface area (Å²) in [5.74, 6) is 3.16. The lowest BCUT2D eigenvalue weighted by Gasteiger charge is -2.11. The molecule has 0 saturated heterocycles. The number of hydrogen-bond acceptors (Lipinski definition) is 2. The number of amides is 1. The van der Waals surface area contributed by atoms with E-state index in [1.54, 1.807) is 6.07 Å². The predicted molar refractivity (Wildman–Crippen MR) is 78.8 cm³/mol. The van der Waals surface area contributed by atoms with Crippen molar-refractivity contribution in [2.45, 2.75) is 19.3 Å². The van der Waals surface area contributed by atoms with Crippen molar-refractivity contribution < 1.29 is 4.79 Å². The minimum Gasteiger partial charge on any atom is -0.325 e. The van der Waals surface area contributed by atoms with Crippen molar-refractivity contribution in [2.24, 2.45) is 29.6 Å². The van der Waals surface area contributed by atoms with Gasteiger partial charge in [0, 0.05) is 10.4 Å². The van der Waals surface area contributed by atoms with Crippen LogP contribution in [0.15, 0.2) is 22.7 Å². The van der Waals surface area contributed by atoms with Crippen LogP contribution in [0.1, 0.15) is 24.8 Å². The number of halogens is 1. The highest BCUT2D eigenvalue weighted by molar-refractivity contribution is 9.10. The van der Waals surface area contributed by atoms with Gasteiger partial charge in [0.15, 0.2) is 0 Å². The molecule has 102 valence electrons. The van der Waals surface area contributed by atoms with E-state index in [0.29, 0.717) is 23.1 Å². The zero-order chi connectivity index (χ0) is 13.9. The van der Waals surface area contributed by atoms with E-state index in [0.717, 1.165) is 16.3 Å². The summed E-state index contributed by atoms with van der Waals surface area (Å²) in [5, 5.41) is 12.1. The van der Waals surface area contributed by atoms with Crippen LogP contribution in [0.4, 0.5) is 5.69 Å². The lowest BCUT2D eigenvalue weighted by atomic mass is 10.0. The van der Waals surface area contributed by atoms with E-state index in [4.69, 9.17) is 5.26 Å². The normalized spacial score (nSPS) is 36.3. The van der Waals surface area contributed by atoms with Gasteiger partial charge in [-0.1, -0.05) is 15.9 Å². The smallest absolute Gasteiger partial charge is 0.228 e. The average molecular weight is 331 g/mol. The number of nitrogens with zero attached hydrogens (tertiary/aromatic N) is 1. The molecule has 4 rings (SSSR count). The molecule has 0 heterocycles. The molecule has 4 heteroatoms. The van der Waals surface area contributed by atoms with E-state index in [-0.39, 0.29) is 11.8 Å². The number of benzene rings is 1. The number of carbonyl (C=O) groups is 1. The zero-order valence-electron chi connectivity index (χ0n) is 11.0. The van der Waals surface area contributed by atoms with Gasteiger partial charge in [-0.25, -0.2) is 0 Å². The molecular weight excluding hydrogens is 316 g/mol. The largest absolute Gasteiger partial charge is 0.325 e. The summed E-state index contributed by atoms with van der Waals surface area (Å²) in [6.07, 6.45) is 3.98. The Bertz CT molecular complexity index is 620. The van der Waals surface area contributed by atoms with E-state index >= 15 is 0 Å². The Morgan fingerprint density at radius 3 is 2.65 bits per heavy atom.